The molecule has 4 rings (SSSR count). The molecule has 1 N–H and O–H groups in total. The van der Waals surface area contributed by atoms with E-state index in [4.69, 9.17) is 0 Å². The Labute approximate surface area is 180 Å². The molecule has 0 saturated carbocycles. The van der Waals surface area contributed by atoms with Crippen molar-refractivity contribution in [1.82, 2.24) is 4.98 Å². The monoisotopic (exact) mass is 592 g/mol. The van der Waals surface area contributed by atoms with Crippen molar-refractivity contribution in [1.29, 1.82) is 0 Å². The first-order valence-corrected chi connectivity index (χ1v) is 7.87. The first kappa shape index (κ1) is 19.3. The number of para-hydroxylation sites is 1. The Hall–Kier alpha value is -1.01. The van der Waals surface area contributed by atoms with Crippen LogP contribution in [-0.4, -0.2) is 10.1 Å². The second-order valence-corrected chi connectivity index (χ2v) is 6.12. The molecule has 115 valence electrons. The molecule has 1 radical (unpaired) electrons. The molecule has 3 aromatic carbocycles. The number of benzene rings is 3. The average Bonchev–Trinajstić information content (AvgIpc) is 2.99. The van der Waals surface area contributed by atoms with Crippen LogP contribution in [0.4, 0.5) is 0 Å². The topological polar surface area (TPSA) is 33.1 Å². The summed E-state index contributed by atoms with van der Waals surface area (Å²) in [4.78, 5) is 4.69. The van der Waals surface area contributed by atoms with Gasteiger partial charge in [-0.05, 0) is 35.4 Å². The number of rotatable bonds is 2. The Balaban J connectivity index is 0.00000104. The zero-order valence-electron chi connectivity index (χ0n) is 12.7. The summed E-state index contributed by atoms with van der Waals surface area (Å²) in [6, 6.07) is 23.9. The van der Waals surface area contributed by atoms with E-state index < -0.39 is 0 Å². The summed E-state index contributed by atoms with van der Waals surface area (Å²) in [6.07, 6.45) is 0. The molecule has 1 heterocycles. The molecule has 0 aliphatic carbocycles. The molecule has 0 amide bonds. The van der Waals surface area contributed by atoms with Gasteiger partial charge in [-0.2, -0.15) is 0 Å². The van der Waals surface area contributed by atoms with E-state index in [0.717, 1.165) is 26.4 Å². The third kappa shape index (κ3) is 3.80. The van der Waals surface area contributed by atoms with Gasteiger partial charge in [-0.15, -0.1) is 11.3 Å². The summed E-state index contributed by atoms with van der Waals surface area (Å²) in [5.41, 5.74) is 4.08. The normalized spacial score (nSPS) is 10.0. The van der Waals surface area contributed by atoms with Gasteiger partial charge in [0.2, 0.25) is 0 Å². The van der Waals surface area contributed by atoms with E-state index in [-0.39, 0.29) is 55.4 Å². The Kier molecular flexibility index (Phi) is 6.75. The standard InChI is InChI=1S/C19H13NOS.U.V/c21-17-9-5-4-8-15(17)19-20-16-12-14(10-11-18(16)22-19)13-6-2-1-3-7-13;;/h1-12,21H;;. The minimum Gasteiger partial charge on any atom is -0.507 e. The molecule has 5 heteroatoms. The molecule has 0 spiro atoms. The number of aromatic hydroxyl groups is 1. The smallest absolute Gasteiger partial charge is 0.128 e. The number of fused-ring (bicyclic) bond motifs is 1. The van der Waals surface area contributed by atoms with E-state index in [1.807, 2.05) is 36.4 Å². The number of nitrogens with zero attached hydrogens (tertiary/aromatic N) is 1. The van der Waals surface area contributed by atoms with Crippen LogP contribution in [0.2, 0.25) is 0 Å². The molecule has 0 aliphatic rings. The van der Waals surface area contributed by atoms with E-state index in [1.165, 1.54) is 5.56 Å². The van der Waals surface area contributed by atoms with Gasteiger partial charge in [0.05, 0.1) is 15.8 Å². The number of thiazole rings is 1. The van der Waals surface area contributed by atoms with Gasteiger partial charge in [-0.1, -0.05) is 48.5 Å². The van der Waals surface area contributed by atoms with Gasteiger partial charge in [0.15, 0.2) is 0 Å². The summed E-state index contributed by atoms with van der Waals surface area (Å²) in [7, 11) is 0. The maximum atomic E-state index is 9.99. The van der Waals surface area contributed by atoms with Crippen LogP contribution in [0, 0.1) is 31.1 Å². The molecule has 1 aromatic heterocycles. The fourth-order valence-electron chi connectivity index (χ4n) is 2.51. The summed E-state index contributed by atoms with van der Waals surface area (Å²) in [5.74, 6) is 0.268. The van der Waals surface area contributed by atoms with E-state index in [2.05, 4.69) is 35.3 Å². The zero-order chi connectivity index (χ0) is 14.9. The average molecular weight is 592 g/mol. The van der Waals surface area contributed by atoms with E-state index in [1.54, 1.807) is 17.4 Å². The van der Waals surface area contributed by atoms with Gasteiger partial charge in [-0.25, -0.2) is 4.98 Å². The Bertz CT molecular complexity index is 956. The van der Waals surface area contributed by atoms with Crippen molar-refractivity contribution in [3.8, 4) is 27.4 Å². The summed E-state index contributed by atoms with van der Waals surface area (Å²) < 4.78 is 1.12. The van der Waals surface area contributed by atoms with Gasteiger partial charge in [0, 0.05) is 49.7 Å². The Morgan fingerprint density at radius 2 is 1.50 bits per heavy atom. The largest absolute Gasteiger partial charge is 0.507 e. The van der Waals surface area contributed by atoms with Crippen LogP contribution in [0.3, 0.4) is 0 Å². The van der Waals surface area contributed by atoms with Gasteiger partial charge in [-0.3, -0.25) is 0 Å². The quantitative estimate of drug-likeness (QED) is 0.342. The summed E-state index contributed by atoms with van der Waals surface area (Å²) in [5, 5.41) is 10.8. The van der Waals surface area contributed by atoms with E-state index >= 15 is 0 Å². The molecule has 0 unspecified atom stereocenters. The van der Waals surface area contributed by atoms with Crippen LogP contribution >= 0.6 is 11.3 Å². The van der Waals surface area contributed by atoms with Crippen LogP contribution in [0.25, 0.3) is 31.9 Å². The molecule has 0 aliphatic heterocycles. The fourth-order valence-corrected chi connectivity index (χ4v) is 3.49. The zero-order valence-corrected chi connectivity index (χ0v) is 19.1. The van der Waals surface area contributed by atoms with Crippen molar-refractivity contribution in [2.24, 2.45) is 0 Å². The van der Waals surface area contributed by atoms with Crippen LogP contribution in [0.1, 0.15) is 0 Å². The van der Waals surface area contributed by atoms with Gasteiger partial charge in [0.1, 0.15) is 10.8 Å². The predicted molar refractivity (Wildman–Crippen MR) is 92.2 cm³/mol. The van der Waals surface area contributed by atoms with Crippen molar-refractivity contribution in [2.75, 3.05) is 0 Å². The summed E-state index contributed by atoms with van der Waals surface area (Å²) >= 11 is 1.60. The fraction of sp³-hybridized carbons (Fsp3) is 0. The van der Waals surface area contributed by atoms with Crippen molar-refractivity contribution in [3.05, 3.63) is 72.8 Å². The van der Waals surface area contributed by atoms with Gasteiger partial charge < -0.3 is 5.11 Å². The summed E-state index contributed by atoms with van der Waals surface area (Å²) in [6.45, 7) is 0. The number of hydrogen-bond donors (Lipinski definition) is 1. The Morgan fingerprint density at radius 1 is 0.792 bits per heavy atom. The number of phenolic OH excluding ortho intramolecular Hbond substituents is 1. The van der Waals surface area contributed by atoms with Crippen LogP contribution < -0.4 is 0 Å². The predicted octanol–water partition coefficient (Wildman–Crippen LogP) is 5.33. The van der Waals surface area contributed by atoms with Crippen LogP contribution in [0.15, 0.2) is 72.8 Å². The van der Waals surface area contributed by atoms with Crippen molar-refractivity contribution < 1.29 is 54.8 Å². The molecule has 2 nitrogen and oxygen atoms in total. The number of hydrogen-bond acceptors (Lipinski definition) is 3. The third-order valence-corrected chi connectivity index (χ3v) is 4.70. The molecular formula is C19H13NOSUV. The number of phenols is 1. The molecule has 0 fully saturated rings. The van der Waals surface area contributed by atoms with Crippen LogP contribution in [-0.2, 0) is 18.6 Å². The number of aromatic nitrogens is 1. The second-order valence-electron chi connectivity index (χ2n) is 5.08. The van der Waals surface area contributed by atoms with Crippen LogP contribution in [0.5, 0.6) is 5.75 Å². The van der Waals surface area contributed by atoms with Gasteiger partial charge in [0.25, 0.3) is 0 Å². The maximum Gasteiger partial charge on any atom is 0.128 e. The molecule has 4 aromatic rings. The van der Waals surface area contributed by atoms with Gasteiger partial charge >= 0.3 is 0 Å². The molecule has 0 saturated heterocycles. The maximum absolute atomic E-state index is 9.99. The van der Waals surface area contributed by atoms with E-state index in [9.17, 15) is 5.11 Å². The third-order valence-electron chi connectivity index (χ3n) is 3.63. The minimum absolute atomic E-state index is 0. The SMILES string of the molecule is Oc1ccccc1-c1nc2cc(-c3ccccc3)ccc2s1.[U].[V]. The van der Waals surface area contributed by atoms with Crippen molar-refractivity contribution in [2.45, 2.75) is 0 Å². The molecule has 0 bridgehead atoms. The minimum atomic E-state index is 0. The van der Waals surface area contributed by atoms with Crippen molar-refractivity contribution >= 4 is 21.6 Å². The molecule has 24 heavy (non-hydrogen) atoms. The molecule has 0 atom stereocenters. The first-order valence-electron chi connectivity index (χ1n) is 7.06. The first-order chi connectivity index (χ1) is 10.8. The second kappa shape index (κ2) is 8.38. The Morgan fingerprint density at radius 3 is 2.25 bits per heavy atom. The van der Waals surface area contributed by atoms with Crippen molar-refractivity contribution in [3.63, 3.8) is 0 Å². The van der Waals surface area contributed by atoms with E-state index in [0.29, 0.717) is 0 Å². The molecular weight excluding hydrogens is 579 g/mol.